The van der Waals surface area contributed by atoms with Crippen LogP contribution in [0.2, 0.25) is 0 Å². The van der Waals surface area contributed by atoms with Crippen LogP contribution < -0.4 is 16.4 Å². The van der Waals surface area contributed by atoms with Gasteiger partial charge in [-0.25, -0.2) is 4.98 Å². The lowest BCUT2D eigenvalue weighted by molar-refractivity contribution is -0.252. The lowest BCUT2D eigenvalue weighted by Crippen LogP contribution is -2.32. The first-order valence-corrected chi connectivity index (χ1v) is 16.9. The summed E-state index contributed by atoms with van der Waals surface area (Å²) in [5.74, 6) is -0.0983. The van der Waals surface area contributed by atoms with Crippen LogP contribution >= 0.6 is 0 Å². The highest BCUT2D eigenvalue weighted by Crippen LogP contribution is 2.38. The second kappa shape index (κ2) is 16.4. The number of nitrogens with zero attached hydrogens (tertiary/aromatic N) is 2. The number of aliphatic hydroxyl groups excluding tert-OH is 1. The molecule has 1 aliphatic rings. The van der Waals surface area contributed by atoms with Crippen LogP contribution in [0.1, 0.15) is 73.2 Å². The predicted octanol–water partition coefficient (Wildman–Crippen LogP) is 6.56. The molecule has 5 aromatic rings. The van der Waals surface area contributed by atoms with E-state index in [1.165, 1.54) is 0 Å². The lowest BCUT2D eigenvalue weighted by Gasteiger charge is -2.36. The number of unbranched alkanes of at least 4 members (excludes halogenated alkanes) is 2. The molecule has 0 spiro atoms. The summed E-state index contributed by atoms with van der Waals surface area (Å²) in [7, 11) is 0. The fourth-order valence-electron chi connectivity index (χ4n) is 6.06. The Kier molecular flexibility index (Phi) is 11.3. The van der Waals surface area contributed by atoms with Gasteiger partial charge >= 0.3 is 0 Å². The highest BCUT2D eigenvalue weighted by Gasteiger charge is 2.32. The van der Waals surface area contributed by atoms with Crippen molar-refractivity contribution in [3.05, 3.63) is 126 Å². The zero-order valence-corrected chi connectivity index (χ0v) is 27.5. The van der Waals surface area contributed by atoms with E-state index in [0.29, 0.717) is 56.6 Å². The number of anilines is 2. The largest absolute Gasteiger partial charge is 0.397 e. The van der Waals surface area contributed by atoms with Gasteiger partial charge in [-0.05, 0) is 53.8 Å². The fourth-order valence-corrected chi connectivity index (χ4v) is 6.06. The molecule has 0 unspecified atom stereocenters. The van der Waals surface area contributed by atoms with Crippen molar-refractivity contribution in [3.8, 4) is 0 Å². The molecule has 0 aliphatic carbocycles. The van der Waals surface area contributed by atoms with E-state index in [9.17, 15) is 14.7 Å². The molecule has 1 saturated heterocycles. The van der Waals surface area contributed by atoms with Crippen LogP contribution in [0, 0.1) is 0 Å². The molecule has 2 amide bonds. The van der Waals surface area contributed by atoms with E-state index < -0.39 is 6.29 Å². The monoisotopic (exact) mass is 661 g/mol. The van der Waals surface area contributed by atoms with Gasteiger partial charge < -0.3 is 35.5 Å². The molecule has 2 heterocycles. The number of para-hydroxylation sites is 4. The smallest absolute Gasteiger partial charge is 0.224 e. The van der Waals surface area contributed by atoms with Gasteiger partial charge in [0.05, 0.1) is 54.1 Å². The number of imidazole rings is 1. The molecule has 1 fully saturated rings. The quantitative estimate of drug-likeness (QED) is 0.0780. The van der Waals surface area contributed by atoms with Crippen LogP contribution in [0.4, 0.5) is 11.4 Å². The van der Waals surface area contributed by atoms with Gasteiger partial charge in [-0.3, -0.25) is 9.59 Å². The summed E-state index contributed by atoms with van der Waals surface area (Å²) in [6, 6.07) is 31.0. The van der Waals surface area contributed by atoms with E-state index in [0.717, 1.165) is 39.7 Å². The molecule has 4 aromatic carbocycles. The standard InChI is InChI=1S/C39H43N5O5/c40-32-8-4-5-9-33(32)43-38(47)13-3-1-2-12-37(46)41-23-27-14-20-30(21-15-27)39-48-31(24-44-26-42-34-10-6-7-11-35(34)44)22-36(49-39)29-18-16-28(25-45)17-19-29/h4-11,14-21,26,31,36,39,45H,1-3,12-13,22-25,40H2,(H,41,46)(H,43,47)/t31-,36+,39+/m1/s1. The van der Waals surface area contributed by atoms with Gasteiger partial charge in [-0.15, -0.1) is 0 Å². The lowest BCUT2D eigenvalue weighted by atomic mass is 9.99. The third kappa shape index (κ3) is 9.11. The van der Waals surface area contributed by atoms with Crippen molar-refractivity contribution in [1.29, 1.82) is 0 Å². The Balaban J connectivity index is 0.997. The summed E-state index contributed by atoms with van der Waals surface area (Å²) in [4.78, 5) is 29.2. The number of aromatic nitrogens is 2. The first-order valence-electron chi connectivity index (χ1n) is 16.9. The van der Waals surface area contributed by atoms with Gasteiger partial charge in [-0.1, -0.05) is 79.2 Å². The summed E-state index contributed by atoms with van der Waals surface area (Å²) < 4.78 is 15.2. The molecule has 0 saturated carbocycles. The molecule has 1 aromatic heterocycles. The fraction of sp³-hybridized carbons (Fsp3) is 0.308. The molecule has 6 rings (SSSR count). The minimum Gasteiger partial charge on any atom is -0.397 e. The first kappa shape index (κ1) is 33.9. The number of fused-ring (bicyclic) bond motifs is 1. The molecule has 10 heteroatoms. The van der Waals surface area contributed by atoms with Gasteiger partial charge in [-0.2, -0.15) is 0 Å². The predicted molar refractivity (Wildman–Crippen MR) is 189 cm³/mol. The van der Waals surface area contributed by atoms with E-state index in [4.69, 9.17) is 15.2 Å². The van der Waals surface area contributed by atoms with E-state index in [1.807, 2.05) is 85.2 Å². The molecule has 5 N–H and O–H groups in total. The van der Waals surface area contributed by atoms with Gasteiger partial charge in [0.1, 0.15) is 0 Å². The Morgan fingerprint density at radius 1 is 0.816 bits per heavy atom. The van der Waals surface area contributed by atoms with E-state index in [-0.39, 0.29) is 30.6 Å². The summed E-state index contributed by atoms with van der Waals surface area (Å²) >= 11 is 0. The number of carbonyl (C=O) groups excluding carboxylic acids is 2. The number of hydrogen-bond donors (Lipinski definition) is 4. The van der Waals surface area contributed by atoms with Gasteiger partial charge in [0.2, 0.25) is 11.8 Å². The third-order valence-corrected chi connectivity index (χ3v) is 8.83. The van der Waals surface area contributed by atoms with Crippen LogP contribution in [-0.2, 0) is 38.8 Å². The van der Waals surface area contributed by atoms with Crippen molar-refractivity contribution in [2.75, 3.05) is 11.1 Å². The molecule has 0 bridgehead atoms. The molecule has 3 atom stereocenters. The molecule has 0 radical (unpaired) electrons. The Morgan fingerprint density at radius 2 is 1.51 bits per heavy atom. The highest BCUT2D eigenvalue weighted by molar-refractivity contribution is 5.93. The number of ether oxygens (including phenoxy) is 2. The van der Waals surface area contributed by atoms with Crippen LogP contribution in [0.5, 0.6) is 0 Å². The number of nitrogens with one attached hydrogen (secondary N) is 2. The number of aliphatic hydroxyl groups is 1. The Hall–Kier alpha value is -5.03. The van der Waals surface area contributed by atoms with Gasteiger partial charge in [0.15, 0.2) is 6.29 Å². The minimum absolute atomic E-state index is 0.00706. The maximum atomic E-state index is 12.5. The summed E-state index contributed by atoms with van der Waals surface area (Å²) in [6.07, 6.45) is 4.61. The van der Waals surface area contributed by atoms with Crippen molar-refractivity contribution in [3.63, 3.8) is 0 Å². The summed E-state index contributed by atoms with van der Waals surface area (Å²) in [5.41, 5.74) is 12.8. The van der Waals surface area contributed by atoms with Crippen LogP contribution in [-0.4, -0.2) is 32.6 Å². The average molecular weight is 662 g/mol. The third-order valence-electron chi connectivity index (χ3n) is 8.83. The number of rotatable bonds is 14. The second-order valence-corrected chi connectivity index (χ2v) is 12.5. The number of hydrogen-bond acceptors (Lipinski definition) is 7. The number of nitrogens with two attached hydrogens (primary N) is 1. The number of nitrogen functional groups attached to an aromatic ring is 1. The Morgan fingerprint density at radius 3 is 2.29 bits per heavy atom. The molecular formula is C39H43N5O5. The molecule has 254 valence electrons. The molecule has 49 heavy (non-hydrogen) atoms. The van der Waals surface area contributed by atoms with Crippen molar-refractivity contribution in [2.45, 2.75) is 76.7 Å². The average Bonchev–Trinajstić information content (AvgIpc) is 3.54. The van der Waals surface area contributed by atoms with Crippen LogP contribution in [0.25, 0.3) is 11.0 Å². The van der Waals surface area contributed by atoms with Crippen molar-refractivity contribution in [1.82, 2.24) is 14.9 Å². The molecular weight excluding hydrogens is 618 g/mol. The Bertz CT molecular complexity index is 1840. The van der Waals surface area contributed by atoms with Crippen LogP contribution in [0.15, 0.2) is 103 Å². The summed E-state index contributed by atoms with van der Waals surface area (Å²) in [5, 5.41) is 15.3. The number of benzene rings is 4. The number of amides is 2. The zero-order valence-electron chi connectivity index (χ0n) is 27.5. The molecule has 10 nitrogen and oxygen atoms in total. The van der Waals surface area contributed by atoms with Crippen molar-refractivity contribution >= 4 is 34.2 Å². The first-order chi connectivity index (χ1) is 23.9. The minimum atomic E-state index is -0.577. The number of carbonyl (C=O) groups is 2. The molecule has 1 aliphatic heterocycles. The second-order valence-electron chi connectivity index (χ2n) is 12.5. The van der Waals surface area contributed by atoms with Gasteiger partial charge in [0, 0.05) is 31.4 Å². The van der Waals surface area contributed by atoms with Crippen molar-refractivity contribution in [2.24, 2.45) is 0 Å². The maximum Gasteiger partial charge on any atom is 0.224 e. The van der Waals surface area contributed by atoms with Crippen molar-refractivity contribution < 1.29 is 24.2 Å². The van der Waals surface area contributed by atoms with E-state index in [1.54, 1.807) is 12.1 Å². The normalized spacial score (nSPS) is 17.5. The zero-order chi connectivity index (χ0) is 34.0. The highest BCUT2D eigenvalue weighted by atomic mass is 16.7. The SMILES string of the molecule is Nc1ccccc1NC(=O)CCCCCC(=O)NCc1ccc([C@H]2O[C@@H](Cn3cnc4ccccc43)C[C@@H](c3ccc(CO)cc3)O2)cc1. The van der Waals surface area contributed by atoms with E-state index in [2.05, 4.69) is 26.3 Å². The Labute approximate surface area is 286 Å². The van der Waals surface area contributed by atoms with Gasteiger partial charge in [0.25, 0.3) is 0 Å². The summed E-state index contributed by atoms with van der Waals surface area (Å²) in [6.45, 7) is 1.04. The van der Waals surface area contributed by atoms with Crippen LogP contribution in [0.3, 0.4) is 0 Å². The topological polar surface area (TPSA) is 141 Å². The van der Waals surface area contributed by atoms with E-state index >= 15 is 0 Å². The maximum absolute atomic E-state index is 12.5.